The summed E-state index contributed by atoms with van der Waals surface area (Å²) >= 11 is 1.23. The van der Waals surface area contributed by atoms with Gasteiger partial charge >= 0.3 is 5.97 Å². The molecule has 0 spiro atoms. The lowest BCUT2D eigenvalue weighted by atomic mass is 10.1. The topological polar surface area (TPSA) is 62.7 Å². The molecule has 1 heterocycles. The third-order valence-electron chi connectivity index (χ3n) is 4.17. The van der Waals surface area contributed by atoms with Gasteiger partial charge in [0.1, 0.15) is 11.3 Å². The maximum absolute atomic E-state index is 14.1. The third kappa shape index (κ3) is 4.02. The van der Waals surface area contributed by atoms with Crippen molar-refractivity contribution in [2.24, 2.45) is 0 Å². The second kappa shape index (κ2) is 8.45. The van der Waals surface area contributed by atoms with Gasteiger partial charge in [0.2, 0.25) is 0 Å². The molecule has 0 radical (unpaired) electrons. The molecular formula is C20H20FN3O3S. The molecular weight excluding hydrogens is 381 g/mol. The summed E-state index contributed by atoms with van der Waals surface area (Å²) in [5.74, 6) is -1.41. The Kier molecular flexibility index (Phi) is 6.01. The molecule has 0 aliphatic heterocycles. The van der Waals surface area contributed by atoms with Gasteiger partial charge in [0.15, 0.2) is 5.13 Å². The molecule has 2 aromatic carbocycles. The van der Waals surface area contributed by atoms with Crippen molar-refractivity contribution in [3.63, 3.8) is 0 Å². The second-order valence-electron chi connectivity index (χ2n) is 6.38. The maximum Gasteiger partial charge on any atom is 0.338 e. The number of fused-ring (bicyclic) bond motifs is 1. The number of aromatic nitrogens is 1. The summed E-state index contributed by atoms with van der Waals surface area (Å²) in [7, 11) is 5.05. The number of para-hydroxylation sites is 1. The first-order chi connectivity index (χ1) is 13.4. The highest BCUT2D eigenvalue weighted by molar-refractivity contribution is 7.22. The number of anilines is 1. The number of likely N-dealkylation sites (N-methyl/N-ethyl adjacent to an activating group) is 1. The zero-order valence-corrected chi connectivity index (χ0v) is 16.6. The summed E-state index contributed by atoms with van der Waals surface area (Å²) in [5.41, 5.74) is 0.622. The Balaban J connectivity index is 2.06. The van der Waals surface area contributed by atoms with Crippen molar-refractivity contribution in [1.29, 1.82) is 0 Å². The summed E-state index contributed by atoms with van der Waals surface area (Å²) in [6.45, 7) is 0.910. The number of hydrogen-bond acceptors (Lipinski definition) is 6. The van der Waals surface area contributed by atoms with E-state index in [2.05, 4.69) is 4.98 Å². The number of rotatable bonds is 6. The molecule has 0 atom stereocenters. The van der Waals surface area contributed by atoms with E-state index in [1.807, 2.05) is 19.0 Å². The molecule has 3 rings (SSSR count). The summed E-state index contributed by atoms with van der Waals surface area (Å²) in [5, 5.41) is 0.381. The van der Waals surface area contributed by atoms with Crippen molar-refractivity contribution in [3.8, 4) is 0 Å². The minimum absolute atomic E-state index is 0.178. The Hall–Kier alpha value is -2.84. The smallest absolute Gasteiger partial charge is 0.338 e. The van der Waals surface area contributed by atoms with Gasteiger partial charge in [0, 0.05) is 13.1 Å². The quantitative estimate of drug-likeness (QED) is 0.592. The number of methoxy groups -OCH3 is 1. The fourth-order valence-corrected chi connectivity index (χ4v) is 3.71. The van der Waals surface area contributed by atoms with Gasteiger partial charge in [-0.25, -0.2) is 14.2 Å². The molecule has 0 saturated carbocycles. The fraction of sp³-hybridized carbons (Fsp3) is 0.250. The molecule has 0 aliphatic carbocycles. The van der Waals surface area contributed by atoms with E-state index in [9.17, 15) is 14.0 Å². The van der Waals surface area contributed by atoms with Crippen molar-refractivity contribution in [1.82, 2.24) is 9.88 Å². The van der Waals surface area contributed by atoms with Gasteiger partial charge in [0.25, 0.3) is 5.91 Å². The van der Waals surface area contributed by atoms with Crippen LogP contribution in [0.2, 0.25) is 0 Å². The number of halogens is 1. The minimum Gasteiger partial charge on any atom is -0.465 e. The van der Waals surface area contributed by atoms with Crippen LogP contribution >= 0.6 is 11.3 Å². The number of amides is 1. The number of esters is 1. The molecule has 0 aliphatic rings. The number of hydrogen-bond donors (Lipinski definition) is 0. The van der Waals surface area contributed by atoms with E-state index in [-0.39, 0.29) is 22.6 Å². The largest absolute Gasteiger partial charge is 0.465 e. The van der Waals surface area contributed by atoms with Crippen molar-refractivity contribution in [2.75, 3.05) is 39.2 Å². The predicted molar refractivity (Wildman–Crippen MR) is 108 cm³/mol. The lowest BCUT2D eigenvalue weighted by Crippen LogP contribution is -2.37. The standard InChI is InChI=1S/C20H20FN3O3S/c1-23(2)11-12-24(20-22-17-15(21)9-6-10-16(17)28-20)18(25)13-7-4-5-8-14(13)19(26)27-3/h4-10H,11-12H2,1-3H3. The van der Waals surface area contributed by atoms with E-state index in [4.69, 9.17) is 4.74 Å². The Morgan fingerprint density at radius 2 is 1.79 bits per heavy atom. The maximum atomic E-state index is 14.1. The van der Waals surface area contributed by atoms with Crippen LogP contribution in [0.15, 0.2) is 42.5 Å². The second-order valence-corrected chi connectivity index (χ2v) is 7.39. The SMILES string of the molecule is COC(=O)c1ccccc1C(=O)N(CCN(C)C)c1nc2c(F)cccc2s1. The number of ether oxygens (including phenoxy) is 1. The van der Waals surface area contributed by atoms with Gasteiger partial charge in [-0.05, 0) is 38.4 Å². The Bertz CT molecular complexity index is 1020. The highest BCUT2D eigenvalue weighted by atomic mass is 32.1. The van der Waals surface area contributed by atoms with E-state index in [1.54, 1.807) is 36.4 Å². The number of carbonyl (C=O) groups is 2. The summed E-state index contributed by atoms with van der Waals surface area (Å²) in [6.07, 6.45) is 0. The molecule has 8 heteroatoms. The van der Waals surface area contributed by atoms with Crippen LogP contribution in [0, 0.1) is 5.82 Å². The van der Waals surface area contributed by atoms with Crippen LogP contribution in [0.25, 0.3) is 10.2 Å². The normalized spacial score (nSPS) is 11.0. The van der Waals surface area contributed by atoms with Gasteiger partial charge in [-0.15, -0.1) is 0 Å². The van der Waals surface area contributed by atoms with Crippen LogP contribution < -0.4 is 4.90 Å². The minimum atomic E-state index is -0.591. The van der Waals surface area contributed by atoms with E-state index >= 15 is 0 Å². The van der Waals surface area contributed by atoms with Crippen molar-refractivity contribution in [2.45, 2.75) is 0 Å². The van der Waals surface area contributed by atoms with Crippen molar-refractivity contribution >= 4 is 38.6 Å². The summed E-state index contributed by atoms with van der Waals surface area (Å²) in [6, 6.07) is 11.2. The number of nitrogens with zero attached hydrogens (tertiary/aromatic N) is 3. The van der Waals surface area contributed by atoms with E-state index in [1.165, 1.54) is 29.4 Å². The van der Waals surface area contributed by atoms with Gasteiger partial charge in [-0.3, -0.25) is 9.69 Å². The Morgan fingerprint density at radius 1 is 1.07 bits per heavy atom. The van der Waals surface area contributed by atoms with Crippen LogP contribution in [-0.2, 0) is 4.74 Å². The highest BCUT2D eigenvalue weighted by Gasteiger charge is 2.26. The molecule has 3 aromatic rings. The van der Waals surface area contributed by atoms with Gasteiger partial charge < -0.3 is 9.64 Å². The first-order valence-corrected chi connectivity index (χ1v) is 9.43. The molecule has 0 fully saturated rings. The lowest BCUT2D eigenvalue weighted by Gasteiger charge is -2.22. The summed E-state index contributed by atoms with van der Waals surface area (Å²) < 4.78 is 19.5. The van der Waals surface area contributed by atoms with E-state index in [0.717, 1.165) is 0 Å². The van der Waals surface area contributed by atoms with Gasteiger partial charge in [-0.1, -0.05) is 29.5 Å². The van der Waals surface area contributed by atoms with Crippen LogP contribution in [0.3, 0.4) is 0 Å². The Labute approximate surface area is 166 Å². The van der Waals surface area contributed by atoms with Crippen LogP contribution in [0.5, 0.6) is 0 Å². The number of benzene rings is 2. The predicted octanol–water partition coefficient (Wildman–Crippen LogP) is 3.43. The van der Waals surface area contributed by atoms with E-state index < -0.39 is 11.8 Å². The molecule has 0 N–H and O–H groups in total. The van der Waals surface area contributed by atoms with Crippen molar-refractivity contribution in [3.05, 3.63) is 59.4 Å². The lowest BCUT2D eigenvalue weighted by molar-refractivity contribution is 0.0597. The molecule has 1 amide bonds. The molecule has 0 unspecified atom stereocenters. The summed E-state index contributed by atoms with van der Waals surface area (Å²) in [4.78, 5) is 33.2. The van der Waals surface area contributed by atoms with E-state index in [0.29, 0.717) is 22.9 Å². The first kappa shape index (κ1) is 19.9. The molecule has 0 saturated heterocycles. The zero-order chi connectivity index (χ0) is 20.3. The number of carbonyl (C=O) groups excluding carboxylic acids is 2. The monoisotopic (exact) mass is 401 g/mol. The highest BCUT2D eigenvalue weighted by Crippen LogP contribution is 2.31. The molecule has 1 aromatic heterocycles. The molecule has 146 valence electrons. The molecule has 28 heavy (non-hydrogen) atoms. The molecule has 0 bridgehead atoms. The van der Waals surface area contributed by atoms with Crippen LogP contribution in [0.1, 0.15) is 20.7 Å². The van der Waals surface area contributed by atoms with Crippen molar-refractivity contribution < 1.29 is 18.7 Å². The van der Waals surface area contributed by atoms with Gasteiger partial charge in [-0.2, -0.15) is 0 Å². The average Bonchev–Trinajstić information content (AvgIpc) is 3.12. The first-order valence-electron chi connectivity index (χ1n) is 8.61. The zero-order valence-electron chi connectivity index (χ0n) is 15.8. The third-order valence-corrected chi connectivity index (χ3v) is 5.21. The van der Waals surface area contributed by atoms with Crippen LogP contribution in [0.4, 0.5) is 9.52 Å². The Morgan fingerprint density at radius 3 is 2.43 bits per heavy atom. The number of thiazole rings is 1. The molecule has 6 nitrogen and oxygen atoms in total. The average molecular weight is 401 g/mol. The van der Waals surface area contributed by atoms with Crippen LogP contribution in [-0.4, -0.2) is 56.1 Å². The fourth-order valence-electron chi connectivity index (χ4n) is 2.71. The van der Waals surface area contributed by atoms with Gasteiger partial charge in [0.05, 0.1) is 22.9 Å².